The molecule has 0 unspecified atom stereocenters. The van der Waals surface area contributed by atoms with E-state index in [9.17, 15) is 14.4 Å². The van der Waals surface area contributed by atoms with E-state index in [1.54, 1.807) is 30.3 Å². The van der Waals surface area contributed by atoms with E-state index < -0.39 is 5.91 Å². The molecule has 0 radical (unpaired) electrons. The summed E-state index contributed by atoms with van der Waals surface area (Å²) in [4.78, 5) is 36.6. The average molecular weight is 307 g/mol. The van der Waals surface area contributed by atoms with Crippen molar-refractivity contribution in [3.05, 3.63) is 34.7 Å². The number of amides is 2. The number of aromatic nitrogens is 1. The molecule has 0 spiro atoms. The van der Waals surface area contributed by atoms with Crippen LogP contribution in [0.3, 0.4) is 0 Å². The van der Waals surface area contributed by atoms with E-state index in [0.717, 1.165) is 0 Å². The molecular weight excluding hydrogens is 286 g/mol. The lowest BCUT2D eigenvalue weighted by molar-refractivity contribution is -0.131. The molecule has 7 heteroatoms. The van der Waals surface area contributed by atoms with Crippen LogP contribution in [-0.2, 0) is 20.9 Å². The van der Waals surface area contributed by atoms with Crippen molar-refractivity contribution in [1.29, 1.82) is 0 Å². The Bertz CT molecular complexity index is 598. The number of nitrogens with zero attached hydrogens (tertiary/aromatic N) is 2. The van der Waals surface area contributed by atoms with Gasteiger partial charge in [0.25, 0.3) is 5.56 Å². The first-order chi connectivity index (χ1) is 10.5. The summed E-state index contributed by atoms with van der Waals surface area (Å²) in [6.07, 6.45) is 1.94. The number of aryl methyl sites for hydroxylation is 1. The molecule has 0 saturated carbocycles. The first-order valence-corrected chi connectivity index (χ1v) is 7.25. The maximum atomic E-state index is 12.3. The van der Waals surface area contributed by atoms with Crippen LogP contribution in [0, 0.1) is 5.92 Å². The van der Waals surface area contributed by atoms with Crippen molar-refractivity contribution in [1.82, 2.24) is 9.47 Å². The number of carbonyl (C=O) groups excluding carboxylic acids is 2. The summed E-state index contributed by atoms with van der Waals surface area (Å²) >= 11 is 0. The highest BCUT2D eigenvalue weighted by atomic mass is 16.5. The number of hydrogen-bond acceptors (Lipinski definition) is 4. The summed E-state index contributed by atoms with van der Waals surface area (Å²) in [7, 11) is 1.57. The SMILES string of the molecule is CO[C@H]1CN(C(=O)CCn2ccccc2=O)C[C@H]1CC(N)=O. The van der Waals surface area contributed by atoms with E-state index in [4.69, 9.17) is 10.5 Å². The molecule has 1 aromatic rings. The Hall–Kier alpha value is -2.15. The largest absolute Gasteiger partial charge is 0.379 e. The molecule has 2 N–H and O–H groups in total. The number of pyridine rings is 1. The van der Waals surface area contributed by atoms with Crippen molar-refractivity contribution in [3.8, 4) is 0 Å². The Kier molecular flexibility index (Phi) is 5.32. The predicted molar refractivity (Wildman–Crippen MR) is 80.0 cm³/mol. The first-order valence-electron chi connectivity index (χ1n) is 7.25. The summed E-state index contributed by atoms with van der Waals surface area (Å²) in [6, 6.07) is 4.88. The molecule has 2 atom stereocenters. The molecule has 0 bridgehead atoms. The van der Waals surface area contributed by atoms with Crippen LogP contribution in [0.1, 0.15) is 12.8 Å². The minimum absolute atomic E-state index is 0.0511. The molecule has 0 aromatic carbocycles. The van der Waals surface area contributed by atoms with Crippen LogP contribution >= 0.6 is 0 Å². The second kappa shape index (κ2) is 7.22. The van der Waals surface area contributed by atoms with Gasteiger partial charge in [-0.05, 0) is 6.07 Å². The molecule has 1 saturated heterocycles. The fourth-order valence-corrected chi connectivity index (χ4v) is 2.79. The monoisotopic (exact) mass is 307 g/mol. The maximum absolute atomic E-state index is 12.3. The van der Waals surface area contributed by atoms with Gasteiger partial charge in [0.05, 0.1) is 6.10 Å². The summed E-state index contributed by atoms with van der Waals surface area (Å²) in [5, 5.41) is 0. The van der Waals surface area contributed by atoms with Gasteiger partial charge in [-0.1, -0.05) is 6.07 Å². The number of carbonyl (C=O) groups is 2. The molecule has 120 valence electrons. The summed E-state index contributed by atoms with van der Waals surface area (Å²) in [6.45, 7) is 1.26. The average Bonchev–Trinajstić information content (AvgIpc) is 2.88. The molecule has 1 aliphatic heterocycles. The van der Waals surface area contributed by atoms with E-state index in [0.29, 0.717) is 19.6 Å². The van der Waals surface area contributed by atoms with Crippen molar-refractivity contribution in [2.75, 3.05) is 20.2 Å². The van der Waals surface area contributed by atoms with E-state index in [1.807, 2.05) is 0 Å². The zero-order valence-corrected chi connectivity index (χ0v) is 12.6. The van der Waals surface area contributed by atoms with Crippen molar-refractivity contribution < 1.29 is 14.3 Å². The fourth-order valence-electron chi connectivity index (χ4n) is 2.79. The Labute approximate surface area is 128 Å². The van der Waals surface area contributed by atoms with Gasteiger partial charge in [0, 0.05) is 57.8 Å². The number of primary amides is 1. The van der Waals surface area contributed by atoms with Gasteiger partial charge in [-0.3, -0.25) is 14.4 Å². The molecule has 7 nitrogen and oxygen atoms in total. The summed E-state index contributed by atoms with van der Waals surface area (Å²) in [5.41, 5.74) is 5.10. The number of ether oxygens (including phenoxy) is 1. The number of nitrogens with two attached hydrogens (primary N) is 1. The van der Waals surface area contributed by atoms with Crippen LogP contribution in [0.2, 0.25) is 0 Å². The molecule has 2 amide bonds. The normalized spacial score (nSPS) is 21.0. The van der Waals surface area contributed by atoms with Gasteiger partial charge in [0.2, 0.25) is 11.8 Å². The quantitative estimate of drug-likeness (QED) is 0.773. The minimum atomic E-state index is -0.391. The van der Waals surface area contributed by atoms with E-state index >= 15 is 0 Å². The van der Waals surface area contributed by atoms with Crippen molar-refractivity contribution in [3.63, 3.8) is 0 Å². The lowest BCUT2D eigenvalue weighted by Crippen LogP contribution is -2.31. The Morgan fingerprint density at radius 3 is 2.77 bits per heavy atom. The molecule has 2 heterocycles. The Morgan fingerprint density at radius 1 is 1.36 bits per heavy atom. The van der Waals surface area contributed by atoms with Crippen LogP contribution in [0.5, 0.6) is 0 Å². The Morgan fingerprint density at radius 2 is 2.14 bits per heavy atom. The van der Waals surface area contributed by atoms with Crippen molar-refractivity contribution in [2.45, 2.75) is 25.5 Å². The van der Waals surface area contributed by atoms with E-state index in [2.05, 4.69) is 0 Å². The van der Waals surface area contributed by atoms with Crippen molar-refractivity contribution in [2.24, 2.45) is 11.7 Å². The third-order valence-electron chi connectivity index (χ3n) is 3.97. The van der Waals surface area contributed by atoms with Crippen LogP contribution in [0.15, 0.2) is 29.2 Å². The van der Waals surface area contributed by atoms with Crippen LogP contribution < -0.4 is 11.3 Å². The van der Waals surface area contributed by atoms with Gasteiger partial charge in [0.15, 0.2) is 0 Å². The predicted octanol–water partition coefficient (Wildman–Crippen LogP) is -0.413. The number of likely N-dealkylation sites (tertiary alicyclic amines) is 1. The highest BCUT2D eigenvalue weighted by molar-refractivity contribution is 5.77. The third kappa shape index (κ3) is 3.94. The van der Waals surface area contributed by atoms with Gasteiger partial charge in [-0.15, -0.1) is 0 Å². The van der Waals surface area contributed by atoms with Gasteiger partial charge in [-0.2, -0.15) is 0 Å². The number of rotatable bonds is 6. The highest BCUT2D eigenvalue weighted by Gasteiger charge is 2.35. The molecule has 0 aliphatic carbocycles. The van der Waals surface area contributed by atoms with E-state index in [1.165, 1.54) is 10.6 Å². The smallest absolute Gasteiger partial charge is 0.250 e. The van der Waals surface area contributed by atoms with Crippen molar-refractivity contribution >= 4 is 11.8 Å². The third-order valence-corrected chi connectivity index (χ3v) is 3.97. The van der Waals surface area contributed by atoms with Crippen LogP contribution in [0.4, 0.5) is 0 Å². The molecular formula is C15H21N3O4. The van der Waals surface area contributed by atoms with Gasteiger partial charge < -0.3 is 19.9 Å². The lowest BCUT2D eigenvalue weighted by atomic mass is 10.0. The number of hydrogen-bond donors (Lipinski definition) is 1. The lowest BCUT2D eigenvalue weighted by Gasteiger charge is -2.16. The molecule has 2 rings (SSSR count). The molecule has 1 fully saturated rings. The first kappa shape index (κ1) is 16.2. The fraction of sp³-hybridized carbons (Fsp3) is 0.533. The molecule has 1 aliphatic rings. The van der Waals surface area contributed by atoms with Crippen LogP contribution in [-0.4, -0.2) is 47.6 Å². The summed E-state index contributed by atoms with van der Waals surface area (Å²) < 4.78 is 6.83. The van der Waals surface area contributed by atoms with Gasteiger partial charge >= 0.3 is 0 Å². The summed E-state index contributed by atoms with van der Waals surface area (Å²) in [5.74, 6) is -0.507. The second-order valence-electron chi connectivity index (χ2n) is 5.49. The standard InChI is InChI=1S/C15H21N3O4/c1-22-12-10-18(9-11(12)8-13(16)19)15(21)5-7-17-6-3-2-4-14(17)20/h2-4,6,11-12H,5,7-10H2,1H3,(H2,16,19)/t11-,12+/m1/s1. The number of methoxy groups -OCH3 is 1. The Balaban J connectivity index is 1.92. The minimum Gasteiger partial charge on any atom is -0.379 e. The topological polar surface area (TPSA) is 94.6 Å². The zero-order chi connectivity index (χ0) is 16.1. The zero-order valence-electron chi connectivity index (χ0n) is 12.6. The maximum Gasteiger partial charge on any atom is 0.250 e. The second-order valence-corrected chi connectivity index (χ2v) is 5.49. The van der Waals surface area contributed by atoms with Crippen LogP contribution in [0.25, 0.3) is 0 Å². The van der Waals surface area contributed by atoms with Gasteiger partial charge in [-0.25, -0.2) is 0 Å². The van der Waals surface area contributed by atoms with Gasteiger partial charge in [0.1, 0.15) is 0 Å². The highest BCUT2D eigenvalue weighted by Crippen LogP contribution is 2.23. The molecule has 22 heavy (non-hydrogen) atoms. The van der Waals surface area contributed by atoms with E-state index in [-0.39, 0.29) is 36.3 Å². The molecule has 1 aromatic heterocycles.